The van der Waals surface area contributed by atoms with Crippen LogP contribution in [0.1, 0.15) is 51.9 Å². The summed E-state index contributed by atoms with van der Waals surface area (Å²) < 4.78 is 0. The maximum absolute atomic E-state index is 12.1. The number of rotatable bonds is 12. The molecule has 0 bridgehead atoms. The van der Waals surface area contributed by atoms with Crippen molar-refractivity contribution in [1.29, 1.82) is 0 Å². The van der Waals surface area contributed by atoms with Gasteiger partial charge >= 0.3 is 11.9 Å². The Hall–Kier alpha value is -1.42. The molecule has 1 heterocycles. The maximum Gasteiger partial charge on any atom is 0.325 e. The first kappa shape index (κ1) is 22.6. The third-order valence-electron chi connectivity index (χ3n) is 3.93. The molecule has 1 fully saturated rings. The predicted molar refractivity (Wildman–Crippen MR) is 101 cm³/mol. The van der Waals surface area contributed by atoms with E-state index in [2.05, 4.69) is 10.6 Å². The standard InChI is InChI=1S/C16H26N2O6S2/c1-10(16(23)24)17-15(22)12(6-7-14(20)21)18-13(19)5-3-2-4-11-8-9-25-26-11/h10-12H,2-9H2,1H3,(H,17,22)(H,18,19)(H,20,21)(H,23,24)/t10?,11-,12?/m1/s1. The molecule has 26 heavy (non-hydrogen) atoms. The molecule has 0 aromatic heterocycles. The van der Waals surface area contributed by atoms with Gasteiger partial charge in [0.05, 0.1) is 0 Å². The lowest BCUT2D eigenvalue weighted by Crippen LogP contribution is -2.50. The number of nitrogens with one attached hydrogen (secondary N) is 2. The van der Waals surface area contributed by atoms with E-state index in [1.165, 1.54) is 19.1 Å². The van der Waals surface area contributed by atoms with Gasteiger partial charge in [-0.3, -0.25) is 19.2 Å². The van der Waals surface area contributed by atoms with Crippen LogP contribution < -0.4 is 10.6 Å². The molecule has 0 aromatic rings. The van der Waals surface area contributed by atoms with Crippen molar-refractivity contribution < 1.29 is 29.4 Å². The number of carbonyl (C=O) groups is 4. The summed E-state index contributed by atoms with van der Waals surface area (Å²) >= 11 is 0. The molecular formula is C16H26N2O6S2. The Morgan fingerprint density at radius 1 is 1.12 bits per heavy atom. The summed E-state index contributed by atoms with van der Waals surface area (Å²) in [5.74, 6) is -2.13. The summed E-state index contributed by atoms with van der Waals surface area (Å²) in [5.41, 5.74) is 0. The molecule has 0 aromatic carbocycles. The van der Waals surface area contributed by atoms with E-state index >= 15 is 0 Å². The van der Waals surface area contributed by atoms with Gasteiger partial charge in [0.25, 0.3) is 0 Å². The van der Waals surface area contributed by atoms with Crippen LogP contribution in [0, 0.1) is 0 Å². The van der Waals surface area contributed by atoms with Crippen molar-refractivity contribution in [1.82, 2.24) is 10.6 Å². The molecule has 0 aliphatic carbocycles. The van der Waals surface area contributed by atoms with E-state index in [9.17, 15) is 19.2 Å². The Kier molecular flexibility index (Phi) is 10.5. The minimum atomic E-state index is -1.20. The molecule has 1 aliphatic rings. The van der Waals surface area contributed by atoms with E-state index in [1.54, 1.807) is 0 Å². The molecule has 0 saturated carbocycles. The summed E-state index contributed by atoms with van der Waals surface area (Å²) in [6.07, 6.45) is 3.76. The van der Waals surface area contributed by atoms with Crippen LogP contribution in [-0.2, 0) is 19.2 Å². The Labute approximate surface area is 160 Å². The van der Waals surface area contributed by atoms with Crippen LogP contribution in [0.4, 0.5) is 0 Å². The van der Waals surface area contributed by atoms with Gasteiger partial charge in [-0.1, -0.05) is 28.0 Å². The highest BCUT2D eigenvalue weighted by molar-refractivity contribution is 8.77. The third-order valence-corrected chi connectivity index (χ3v) is 6.94. The number of carboxylic acids is 2. The molecule has 3 atom stereocenters. The number of hydrogen-bond donors (Lipinski definition) is 4. The number of carboxylic acid groups (broad SMARTS) is 2. The fraction of sp³-hybridized carbons (Fsp3) is 0.750. The first-order valence-electron chi connectivity index (χ1n) is 8.62. The molecule has 1 aliphatic heterocycles. The molecule has 0 spiro atoms. The first-order valence-corrected chi connectivity index (χ1v) is 11.0. The normalized spacial score (nSPS) is 18.7. The smallest absolute Gasteiger partial charge is 0.325 e. The third kappa shape index (κ3) is 9.33. The molecule has 4 N–H and O–H groups in total. The number of aliphatic carboxylic acids is 2. The van der Waals surface area contributed by atoms with Gasteiger partial charge in [-0.15, -0.1) is 0 Å². The zero-order valence-electron chi connectivity index (χ0n) is 14.7. The second-order valence-corrected chi connectivity index (χ2v) is 8.98. The SMILES string of the molecule is CC(NC(=O)C(CCC(=O)O)NC(=O)CCCC[C@@H]1CCSS1)C(=O)O. The van der Waals surface area contributed by atoms with Crippen LogP contribution in [0.25, 0.3) is 0 Å². The molecule has 2 unspecified atom stereocenters. The topological polar surface area (TPSA) is 133 Å². The second-order valence-electron chi connectivity index (χ2n) is 6.20. The minimum Gasteiger partial charge on any atom is -0.481 e. The van der Waals surface area contributed by atoms with Gasteiger partial charge in [0, 0.05) is 23.8 Å². The van der Waals surface area contributed by atoms with Crippen molar-refractivity contribution in [2.24, 2.45) is 0 Å². The molecule has 0 radical (unpaired) electrons. The summed E-state index contributed by atoms with van der Waals surface area (Å²) in [5, 5.41) is 23.1. The van der Waals surface area contributed by atoms with Gasteiger partial charge < -0.3 is 20.8 Å². The van der Waals surface area contributed by atoms with E-state index in [4.69, 9.17) is 10.2 Å². The van der Waals surface area contributed by atoms with E-state index in [1.807, 2.05) is 21.6 Å². The lowest BCUT2D eigenvalue weighted by molar-refractivity contribution is -0.142. The largest absolute Gasteiger partial charge is 0.481 e. The molecule has 10 heteroatoms. The van der Waals surface area contributed by atoms with Gasteiger partial charge in [-0.2, -0.15) is 0 Å². The quantitative estimate of drug-likeness (QED) is 0.284. The van der Waals surface area contributed by atoms with Gasteiger partial charge in [0.1, 0.15) is 12.1 Å². The molecule has 1 rings (SSSR count). The van der Waals surface area contributed by atoms with Crippen molar-refractivity contribution in [2.45, 2.75) is 69.2 Å². The average molecular weight is 407 g/mol. The van der Waals surface area contributed by atoms with E-state index in [0.29, 0.717) is 11.7 Å². The Balaban J connectivity index is 2.41. The van der Waals surface area contributed by atoms with Gasteiger partial charge in [-0.25, -0.2) is 0 Å². The lowest BCUT2D eigenvalue weighted by Gasteiger charge is -2.19. The highest BCUT2D eigenvalue weighted by atomic mass is 33.1. The fourth-order valence-electron chi connectivity index (χ4n) is 2.40. The van der Waals surface area contributed by atoms with Gasteiger partial charge in [-0.05, 0) is 32.6 Å². The molecule has 8 nitrogen and oxygen atoms in total. The molecule has 1 saturated heterocycles. The monoisotopic (exact) mass is 406 g/mol. The fourth-order valence-corrected chi connectivity index (χ4v) is 5.43. The van der Waals surface area contributed by atoms with Gasteiger partial charge in [0.15, 0.2) is 0 Å². The predicted octanol–water partition coefficient (Wildman–Crippen LogP) is 1.64. The van der Waals surface area contributed by atoms with Crippen molar-refractivity contribution in [3.05, 3.63) is 0 Å². The maximum atomic E-state index is 12.1. The van der Waals surface area contributed by atoms with Crippen LogP contribution in [0.15, 0.2) is 0 Å². The average Bonchev–Trinajstić information content (AvgIpc) is 3.08. The summed E-state index contributed by atoms with van der Waals surface area (Å²) in [4.78, 5) is 45.7. The van der Waals surface area contributed by atoms with Gasteiger partial charge in [0.2, 0.25) is 11.8 Å². The molecule has 148 valence electrons. The zero-order valence-corrected chi connectivity index (χ0v) is 16.4. The first-order chi connectivity index (χ1) is 12.3. The van der Waals surface area contributed by atoms with Crippen LogP contribution in [0.2, 0.25) is 0 Å². The number of carbonyl (C=O) groups excluding carboxylic acids is 2. The summed E-state index contributed by atoms with van der Waals surface area (Å²) in [7, 11) is 3.77. The van der Waals surface area contributed by atoms with E-state index in [-0.39, 0.29) is 25.2 Å². The van der Waals surface area contributed by atoms with Crippen LogP contribution >= 0.6 is 21.6 Å². The number of hydrogen-bond acceptors (Lipinski definition) is 6. The Morgan fingerprint density at radius 2 is 1.85 bits per heavy atom. The van der Waals surface area contributed by atoms with Crippen molar-refractivity contribution >= 4 is 45.3 Å². The second kappa shape index (κ2) is 12.1. The lowest BCUT2D eigenvalue weighted by atomic mass is 10.1. The Morgan fingerprint density at radius 3 is 2.42 bits per heavy atom. The molecular weight excluding hydrogens is 380 g/mol. The van der Waals surface area contributed by atoms with Crippen molar-refractivity contribution in [2.75, 3.05) is 5.75 Å². The van der Waals surface area contributed by atoms with Crippen molar-refractivity contribution in [3.8, 4) is 0 Å². The van der Waals surface area contributed by atoms with E-state index in [0.717, 1.165) is 12.8 Å². The highest BCUT2D eigenvalue weighted by Crippen LogP contribution is 2.39. The highest BCUT2D eigenvalue weighted by Gasteiger charge is 2.24. The van der Waals surface area contributed by atoms with Crippen LogP contribution in [0.5, 0.6) is 0 Å². The number of amides is 2. The minimum absolute atomic E-state index is 0.0881. The van der Waals surface area contributed by atoms with Crippen molar-refractivity contribution in [3.63, 3.8) is 0 Å². The Bertz CT molecular complexity index is 511. The summed E-state index contributed by atoms with van der Waals surface area (Å²) in [6.45, 7) is 1.30. The van der Waals surface area contributed by atoms with Crippen LogP contribution in [-0.4, -0.2) is 57.1 Å². The van der Waals surface area contributed by atoms with E-state index < -0.39 is 29.9 Å². The van der Waals surface area contributed by atoms with Crippen LogP contribution in [0.3, 0.4) is 0 Å². The molecule has 2 amide bonds. The summed E-state index contributed by atoms with van der Waals surface area (Å²) in [6, 6.07) is -2.17. The zero-order chi connectivity index (χ0) is 19.5. The number of unbranched alkanes of at least 4 members (excludes halogenated alkanes) is 1.